The summed E-state index contributed by atoms with van der Waals surface area (Å²) in [5.41, 5.74) is 3.31. The van der Waals surface area contributed by atoms with Gasteiger partial charge in [-0.3, -0.25) is 9.89 Å². The number of nitrogens with zero attached hydrogens (tertiary/aromatic N) is 3. The molecular formula is C24H20F3N5O2. The number of aromatic amines is 1. The zero-order valence-electron chi connectivity index (χ0n) is 18.1. The molecule has 3 aromatic heterocycles. The van der Waals surface area contributed by atoms with Crippen molar-refractivity contribution in [3.8, 4) is 17.0 Å². The van der Waals surface area contributed by atoms with E-state index in [0.717, 1.165) is 60.0 Å². The number of hydrogen-bond acceptors (Lipinski definition) is 5. The summed E-state index contributed by atoms with van der Waals surface area (Å²) in [5.74, 6) is -0.479. The van der Waals surface area contributed by atoms with Crippen LogP contribution in [0.25, 0.3) is 22.2 Å². The molecular weight excluding hydrogens is 447 g/mol. The molecule has 0 radical (unpaired) electrons. The van der Waals surface area contributed by atoms with E-state index in [9.17, 15) is 18.0 Å². The van der Waals surface area contributed by atoms with E-state index < -0.39 is 23.5 Å². The van der Waals surface area contributed by atoms with E-state index in [1.165, 1.54) is 0 Å². The molecule has 174 valence electrons. The van der Waals surface area contributed by atoms with Gasteiger partial charge in [-0.2, -0.15) is 18.3 Å². The van der Waals surface area contributed by atoms with Gasteiger partial charge in [-0.15, -0.1) is 0 Å². The summed E-state index contributed by atoms with van der Waals surface area (Å²) in [7, 11) is 1.11. The molecule has 34 heavy (non-hydrogen) atoms. The normalized spacial score (nSPS) is 13.8. The number of alkyl halides is 3. The highest BCUT2D eigenvalue weighted by Gasteiger charge is 2.35. The Balaban J connectivity index is 1.29. The largest absolute Gasteiger partial charge is 0.481 e. The Bertz CT molecular complexity index is 1360. The first kappa shape index (κ1) is 21.9. The van der Waals surface area contributed by atoms with Gasteiger partial charge in [0.05, 0.1) is 25.4 Å². The van der Waals surface area contributed by atoms with E-state index in [4.69, 9.17) is 0 Å². The third-order valence-electron chi connectivity index (χ3n) is 5.71. The highest BCUT2D eigenvalue weighted by Crippen LogP contribution is 2.42. The molecule has 0 saturated heterocycles. The van der Waals surface area contributed by atoms with Gasteiger partial charge >= 0.3 is 6.18 Å². The fraction of sp³-hybridized carbons (Fsp3) is 0.250. The standard InChI is InChI=1S/C24H20F3N5O2/c1-34-23-19(24(25,26)27)10-17(12-29-23)30-20(33)8-13-2-4-14(5-3-13)16-9-18-21(15-6-7-15)31-32-22(18)28-11-16/h2-5,9-12,15H,6-8H2,1H3,(H,30,33)(H,28,31,32). The topological polar surface area (TPSA) is 92.8 Å². The van der Waals surface area contributed by atoms with Crippen molar-refractivity contribution in [1.82, 2.24) is 20.2 Å². The Kier molecular flexibility index (Phi) is 5.43. The molecule has 1 aliphatic rings. The fourth-order valence-corrected chi connectivity index (χ4v) is 3.85. The Morgan fingerprint density at radius 1 is 1.12 bits per heavy atom. The molecule has 1 fully saturated rings. The van der Waals surface area contributed by atoms with E-state index in [0.29, 0.717) is 11.6 Å². The highest BCUT2D eigenvalue weighted by atomic mass is 19.4. The van der Waals surface area contributed by atoms with E-state index >= 15 is 0 Å². The smallest absolute Gasteiger partial charge is 0.421 e. The number of nitrogens with one attached hydrogen (secondary N) is 2. The zero-order chi connectivity index (χ0) is 23.9. The second kappa shape index (κ2) is 8.44. The molecule has 0 spiro atoms. The maximum absolute atomic E-state index is 13.2. The molecule has 0 unspecified atom stereocenters. The van der Waals surface area contributed by atoms with Crippen molar-refractivity contribution in [2.45, 2.75) is 31.4 Å². The number of aromatic nitrogens is 4. The number of hydrogen-bond donors (Lipinski definition) is 2. The lowest BCUT2D eigenvalue weighted by atomic mass is 10.0. The molecule has 1 saturated carbocycles. The SMILES string of the molecule is COc1ncc(NC(=O)Cc2ccc(-c3cnc4n[nH]c(C5CC5)c4c3)cc2)cc1C(F)(F)F. The number of amides is 1. The summed E-state index contributed by atoms with van der Waals surface area (Å²) >= 11 is 0. The zero-order valence-corrected chi connectivity index (χ0v) is 18.1. The number of ether oxygens (including phenoxy) is 1. The number of methoxy groups -OCH3 is 1. The number of anilines is 1. The van der Waals surface area contributed by atoms with Gasteiger partial charge in [0.1, 0.15) is 5.56 Å². The Hall–Kier alpha value is -3.95. The van der Waals surface area contributed by atoms with Gasteiger partial charge in [-0.25, -0.2) is 9.97 Å². The van der Waals surface area contributed by atoms with Crippen molar-refractivity contribution < 1.29 is 22.7 Å². The van der Waals surface area contributed by atoms with Crippen LogP contribution in [0.1, 0.15) is 35.6 Å². The molecule has 7 nitrogen and oxygen atoms in total. The third-order valence-corrected chi connectivity index (χ3v) is 5.71. The molecule has 0 atom stereocenters. The fourth-order valence-electron chi connectivity index (χ4n) is 3.85. The molecule has 0 aliphatic heterocycles. The Morgan fingerprint density at radius 2 is 1.88 bits per heavy atom. The summed E-state index contributed by atoms with van der Waals surface area (Å²) < 4.78 is 44.2. The van der Waals surface area contributed by atoms with Crippen molar-refractivity contribution >= 4 is 22.6 Å². The Morgan fingerprint density at radius 3 is 2.56 bits per heavy atom. The predicted octanol–water partition coefficient (Wildman–Crippen LogP) is 5.11. The number of carbonyl (C=O) groups is 1. The van der Waals surface area contributed by atoms with Crippen molar-refractivity contribution in [2.75, 3.05) is 12.4 Å². The minimum atomic E-state index is -4.65. The van der Waals surface area contributed by atoms with Gasteiger partial charge in [-0.05, 0) is 36.1 Å². The van der Waals surface area contributed by atoms with E-state index in [2.05, 4.69) is 36.3 Å². The molecule has 1 aromatic carbocycles. The second-order valence-electron chi connectivity index (χ2n) is 8.21. The molecule has 3 heterocycles. The molecule has 2 N–H and O–H groups in total. The number of rotatable bonds is 6. The monoisotopic (exact) mass is 467 g/mol. The van der Waals surface area contributed by atoms with Gasteiger partial charge in [0.15, 0.2) is 5.65 Å². The molecule has 10 heteroatoms. The number of H-pyrrole nitrogens is 1. The first-order valence-electron chi connectivity index (χ1n) is 10.7. The molecule has 4 aromatic rings. The van der Waals surface area contributed by atoms with Crippen LogP contribution in [-0.4, -0.2) is 33.2 Å². The number of carbonyl (C=O) groups excluding carboxylic acids is 1. The minimum Gasteiger partial charge on any atom is -0.481 e. The van der Waals surface area contributed by atoms with E-state index in [-0.39, 0.29) is 12.1 Å². The van der Waals surface area contributed by atoms with E-state index in [1.807, 2.05) is 24.3 Å². The van der Waals surface area contributed by atoms with Crippen molar-refractivity contribution in [1.29, 1.82) is 0 Å². The minimum absolute atomic E-state index is 0.00148. The lowest BCUT2D eigenvalue weighted by Crippen LogP contribution is -2.16. The highest BCUT2D eigenvalue weighted by molar-refractivity contribution is 5.92. The van der Waals surface area contributed by atoms with Crippen LogP contribution in [0.15, 0.2) is 48.8 Å². The van der Waals surface area contributed by atoms with Crippen LogP contribution in [0.3, 0.4) is 0 Å². The van der Waals surface area contributed by atoms with Gasteiger partial charge < -0.3 is 10.1 Å². The maximum Gasteiger partial charge on any atom is 0.421 e. The number of benzene rings is 1. The predicted molar refractivity (Wildman–Crippen MR) is 119 cm³/mol. The van der Waals surface area contributed by atoms with Gasteiger partial charge in [0, 0.05) is 28.8 Å². The number of halogens is 3. The average Bonchev–Trinajstić information content (AvgIpc) is 3.57. The van der Waals surface area contributed by atoms with Gasteiger partial charge in [0.25, 0.3) is 0 Å². The van der Waals surface area contributed by atoms with Crippen LogP contribution >= 0.6 is 0 Å². The van der Waals surface area contributed by atoms with Crippen LogP contribution in [0.5, 0.6) is 5.88 Å². The van der Waals surface area contributed by atoms with Crippen LogP contribution < -0.4 is 10.1 Å². The second-order valence-corrected chi connectivity index (χ2v) is 8.21. The van der Waals surface area contributed by atoms with Crippen LogP contribution in [-0.2, 0) is 17.4 Å². The molecule has 5 rings (SSSR count). The lowest BCUT2D eigenvalue weighted by molar-refractivity contribution is -0.139. The van der Waals surface area contributed by atoms with E-state index in [1.54, 1.807) is 6.20 Å². The third kappa shape index (κ3) is 4.43. The summed E-state index contributed by atoms with van der Waals surface area (Å²) in [4.78, 5) is 20.5. The molecule has 1 aliphatic carbocycles. The first-order chi connectivity index (χ1) is 16.3. The van der Waals surface area contributed by atoms with Crippen LogP contribution in [0.4, 0.5) is 18.9 Å². The number of pyridine rings is 2. The van der Waals surface area contributed by atoms with Crippen molar-refractivity contribution in [3.05, 3.63) is 65.6 Å². The summed E-state index contributed by atoms with van der Waals surface area (Å²) in [6.45, 7) is 0. The maximum atomic E-state index is 13.2. The quantitative estimate of drug-likeness (QED) is 0.411. The van der Waals surface area contributed by atoms with Crippen LogP contribution in [0.2, 0.25) is 0 Å². The van der Waals surface area contributed by atoms with Crippen molar-refractivity contribution in [2.24, 2.45) is 0 Å². The van der Waals surface area contributed by atoms with Crippen LogP contribution in [0, 0.1) is 0 Å². The molecule has 0 bridgehead atoms. The number of fused-ring (bicyclic) bond motifs is 1. The first-order valence-corrected chi connectivity index (χ1v) is 10.7. The van der Waals surface area contributed by atoms with Gasteiger partial charge in [0.2, 0.25) is 11.8 Å². The van der Waals surface area contributed by atoms with Gasteiger partial charge in [-0.1, -0.05) is 24.3 Å². The average molecular weight is 467 g/mol. The lowest BCUT2D eigenvalue weighted by Gasteiger charge is -2.13. The summed E-state index contributed by atoms with van der Waals surface area (Å²) in [6, 6.07) is 10.3. The molecule has 1 amide bonds. The Labute approximate surface area is 192 Å². The summed E-state index contributed by atoms with van der Waals surface area (Å²) in [6.07, 6.45) is 0.548. The summed E-state index contributed by atoms with van der Waals surface area (Å²) in [5, 5.41) is 10.8. The van der Waals surface area contributed by atoms with Crippen molar-refractivity contribution in [3.63, 3.8) is 0 Å².